The predicted octanol–water partition coefficient (Wildman–Crippen LogP) is 3.41. The second-order valence-electron chi connectivity index (χ2n) is 6.26. The first-order valence-corrected chi connectivity index (χ1v) is 8.72. The molecule has 0 aliphatic carbocycles. The summed E-state index contributed by atoms with van der Waals surface area (Å²) in [6, 6.07) is 14.8. The monoisotopic (exact) mass is 369 g/mol. The van der Waals surface area contributed by atoms with E-state index >= 15 is 0 Å². The third-order valence-corrected chi connectivity index (χ3v) is 4.41. The Bertz CT molecular complexity index is 820. The van der Waals surface area contributed by atoms with E-state index in [1.165, 1.54) is 35.4 Å². The molecule has 5 nitrogen and oxygen atoms in total. The van der Waals surface area contributed by atoms with Gasteiger partial charge >= 0.3 is 0 Å². The van der Waals surface area contributed by atoms with Crippen LogP contribution in [-0.4, -0.2) is 28.4 Å². The summed E-state index contributed by atoms with van der Waals surface area (Å²) in [6.45, 7) is 0. The fourth-order valence-electron chi connectivity index (χ4n) is 2.99. The molecule has 3 rings (SSSR count). The van der Waals surface area contributed by atoms with Crippen LogP contribution in [0.15, 0.2) is 60.9 Å². The Morgan fingerprint density at radius 2 is 1.89 bits per heavy atom. The van der Waals surface area contributed by atoms with Crippen molar-refractivity contribution >= 4 is 17.9 Å². The first-order valence-electron chi connectivity index (χ1n) is 8.72. The summed E-state index contributed by atoms with van der Waals surface area (Å²) in [4.78, 5) is 25.3. The van der Waals surface area contributed by atoms with E-state index in [4.69, 9.17) is 4.74 Å². The standard InChI is InChI=1S/C21H20FNO4/c22-17-11-9-16(10-12-17)19(25)7-4-8-20(26)23-18(14-27-21(23)13-24)15-5-2-1-3-6-15/h1-3,5-6,9-14,19,21,25H,4,7-8H2/t19-,21?/m1/s1. The summed E-state index contributed by atoms with van der Waals surface area (Å²) in [5, 5.41) is 10.2. The zero-order chi connectivity index (χ0) is 19.2. The fraction of sp³-hybridized carbons (Fsp3) is 0.238. The molecule has 27 heavy (non-hydrogen) atoms. The normalized spacial score (nSPS) is 17.2. The second-order valence-corrected chi connectivity index (χ2v) is 6.26. The number of carbonyl (C=O) groups is 2. The molecule has 0 bridgehead atoms. The third kappa shape index (κ3) is 4.41. The van der Waals surface area contributed by atoms with Crippen LogP contribution in [0, 0.1) is 5.82 Å². The van der Waals surface area contributed by atoms with Crippen molar-refractivity contribution in [3.05, 3.63) is 77.8 Å². The van der Waals surface area contributed by atoms with Crippen molar-refractivity contribution in [2.45, 2.75) is 31.6 Å². The maximum Gasteiger partial charge on any atom is 0.234 e. The minimum Gasteiger partial charge on any atom is -0.468 e. The van der Waals surface area contributed by atoms with Gasteiger partial charge in [0.25, 0.3) is 0 Å². The molecule has 0 aromatic heterocycles. The maximum absolute atomic E-state index is 13.0. The van der Waals surface area contributed by atoms with Crippen molar-refractivity contribution in [1.29, 1.82) is 0 Å². The number of hydrogen-bond acceptors (Lipinski definition) is 4. The Hall–Kier alpha value is -2.99. The summed E-state index contributed by atoms with van der Waals surface area (Å²) in [5.74, 6) is -0.624. The number of rotatable bonds is 7. The van der Waals surface area contributed by atoms with Gasteiger partial charge in [0.1, 0.15) is 12.1 Å². The molecule has 140 valence electrons. The van der Waals surface area contributed by atoms with E-state index in [-0.39, 0.29) is 18.1 Å². The molecule has 0 fully saturated rings. The van der Waals surface area contributed by atoms with Gasteiger partial charge in [-0.3, -0.25) is 14.5 Å². The quantitative estimate of drug-likeness (QED) is 0.760. The molecule has 0 saturated heterocycles. The van der Waals surface area contributed by atoms with E-state index in [1.807, 2.05) is 30.3 Å². The highest BCUT2D eigenvalue weighted by atomic mass is 19.1. The molecule has 0 saturated carbocycles. The highest BCUT2D eigenvalue weighted by Crippen LogP contribution is 2.29. The van der Waals surface area contributed by atoms with Gasteiger partial charge < -0.3 is 9.84 Å². The SMILES string of the molecule is O=CC1OC=C(c2ccccc2)N1C(=O)CCC[C@@H](O)c1ccc(F)cc1. The zero-order valence-corrected chi connectivity index (χ0v) is 14.6. The first kappa shape index (κ1) is 18.8. The lowest BCUT2D eigenvalue weighted by Gasteiger charge is -2.22. The Morgan fingerprint density at radius 1 is 1.19 bits per heavy atom. The van der Waals surface area contributed by atoms with Crippen LogP contribution in [0.3, 0.4) is 0 Å². The van der Waals surface area contributed by atoms with Gasteiger partial charge in [0, 0.05) is 12.0 Å². The molecule has 2 aromatic carbocycles. The molecule has 2 atom stereocenters. The average Bonchev–Trinajstić information content (AvgIpc) is 3.13. The summed E-state index contributed by atoms with van der Waals surface area (Å²) in [7, 11) is 0. The lowest BCUT2D eigenvalue weighted by atomic mass is 10.0. The number of amides is 1. The Morgan fingerprint density at radius 3 is 2.56 bits per heavy atom. The number of nitrogens with zero attached hydrogens (tertiary/aromatic N) is 1. The van der Waals surface area contributed by atoms with Crippen molar-refractivity contribution in [2.75, 3.05) is 0 Å². The molecule has 1 N–H and O–H groups in total. The van der Waals surface area contributed by atoms with Gasteiger partial charge in [0.05, 0.1) is 11.8 Å². The molecule has 0 spiro atoms. The molecule has 1 aliphatic rings. The Balaban J connectivity index is 1.61. The summed E-state index contributed by atoms with van der Waals surface area (Å²) in [6.07, 6.45) is 1.16. The Labute approximate surface area is 156 Å². The second kappa shape index (κ2) is 8.60. The first-order chi connectivity index (χ1) is 13.1. The van der Waals surface area contributed by atoms with Gasteiger partial charge in [-0.2, -0.15) is 0 Å². The van der Waals surface area contributed by atoms with Crippen LogP contribution >= 0.6 is 0 Å². The highest BCUT2D eigenvalue weighted by molar-refractivity contribution is 5.90. The van der Waals surface area contributed by atoms with Crippen LogP contribution in [-0.2, 0) is 14.3 Å². The van der Waals surface area contributed by atoms with Gasteiger partial charge in [0.15, 0.2) is 6.29 Å². The smallest absolute Gasteiger partial charge is 0.234 e. The predicted molar refractivity (Wildman–Crippen MR) is 97.4 cm³/mol. The minimum absolute atomic E-state index is 0.149. The third-order valence-electron chi connectivity index (χ3n) is 4.41. The van der Waals surface area contributed by atoms with Crippen molar-refractivity contribution in [3.8, 4) is 0 Å². The fourth-order valence-corrected chi connectivity index (χ4v) is 2.99. The van der Waals surface area contributed by atoms with Crippen LogP contribution < -0.4 is 0 Å². The zero-order valence-electron chi connectivity index (χ0n) is 14.6. The minimum atomic E-state index is -0.977. The highest BCUT2D eigenvalue weighted by Gasteiger charge is 2.33. The van der Waals surface area contributed by atoms with E-state index in [0.29, 0.717) is 30.4 Å². The topological polar surface area (TPSA) is 66.8 Å². The van der Waals surface area contributed by atoms with Crippen LogP contribution in [0.4, 0.5) is 4.39 Å². The molecule has 1 heterocycles. The van der Waals surface area contributed by atoms with Crippen molar-refractivity contribution in [3.63, 3.8) is 0 Å². The summed E-state index contributed by atoms with van der Waals surface area (Å²) in [5.41, 5.74) is 1.92. The molecule has 2 aromatic rings. The molecule has 1 unspecified atom stereocenters. The van der Waals surface area contributed by atoms with Crippen LogP contribution in [0.2, 0.25) is 0 Å². The average molecular weight is 369 g/mol. The number of aliphatic hydroxyl groups is 1. The van der Waals surface area contributed by atoms with Gasteiger partial charge in [-0.15, -0.1) is 0 Å². The summed E-state index contributed by atoms with van der Waals surface area (Å²) < 4.78 is 18.3. The largest absolute Gasteiger partial charge is 0.468 e. The Kier molecular flexibility index (Phi) is 5.98. The van der Waals surface area contributed by atoms with Gasteiger partial charge in [0.2, 0.25) is 12.1 Å². The number of carbonyl (C=O) groups excluding carboxylic acids is 2. The van der Waals surface area contributed by atoms with Crippen molar-refractivity contribution in [1.82, 2.24) is 4.90 Å². The number of aliphatic hydroxyl groups excluding tert-OH is 1. The van der Waals surface area contributed by atoms with Crippen molar-refractivity contribution < 1.29 is 23.8 Å². The number of hydrogen-bond donors (Lipinski definition) is 1. The molecule has 6 heteroatoms. The van der Waals surface area contributed by atoms with Crippen LogP contribution in [0.25, 0.3) is 5.70 Å². The van der Waals surface area contributed by atoms with E-state index in [2.05, 4.69) is 0 Å². The maximum atomic E-state index is 13.0. The van der Waals surface area contributed by atoms with Crippen LogP contribution in [0.1, 0.15) is 36.5 Å². The molecule has 1 aliphatic heterocycles. The lowest BCUT2D eigenvalue weighted by molar-refractivity contribution is -0.138. The van der Waals surface area contributed by atoms with Gasteiger partial charge in [-0.1, -0.05) is 42.5 Å². The van der Waals surface area contributed by atoms with E-state index in [9.17, 15) is 19.1 Å². The number of aldehydes is 1. The number of benzene rings is 2. The van der Waals surface area contributed by atoms with Crippen LogP contribution in [0.5, 0.6) is 0 Å². The molecule has 1 amide bonds. The van der Waals surface area contributed by atoms with E-state index in [1.54, 1.807) is 0 Å². The molecular weight excluding hydrogens is 349 g/mol. The number of ether oxygens (including phenoxy) is 1. The van der Waals surface area contributed by atoms with E-state index in [0.717, 1.165) is 5.56 Å². The molecular formula is C21H20FNO4. The van der Waals surface area contributed by atoms with Gasteiger partial charge in [-0.25, -0.2) is 4.39 Å². The number of halogens is 1. The van der Waals surface area contributed by atoms with Crippen molar-refractivity contribution in [2.24, 2.45) is 0 Å². The molecule has 0 radical (unpaired) electrons. The lowest BCUT2D eigenvalue weighted by Crippen LogP contribution is -2.37. The van der Waals surface area contributed by atoms with E-state index < -0.39 is 12.3 Å². The van der Waals surface area contributed by atoms with Gasteiger partial charge in [-0.05, 0) is 30.5 Å². The summed E-state index contributed by atoms with van der Waals surface area (Å²) >= 11 is 0.